The molecule has 0 saturated carbocycles. The van der Waals surface area contributed by atoms with Gasteiger partial charge in [-0.1, -0.05) is 12.1 Å². The summed E-state index contributed by atoms with van der Waals surface area (Å²) in [5, 5.41) is 7.00. The molecular formula is C17H20N4O3. The Kier molecular flexibility index (Phi) is 4.50. The van der Waals surface area contributed by atoms with Crippen LogP contribution in [0, 0.1) is 0 Å². The lowest BCUT2D eigenvalue weighted by Gasteiger charge is -2.21. The van der Waals surface area contributed by atoms with Crippen molar-refractivity contribution in [2.45, 2.75) is 26.3 Å². The second-order valence-electron chi connectivity index (χ2n) is 5.85. The number of rotatable bonds is 4. The van der Waals surface area contributed by atoms with Crippen molar-refractivity contribution >= 4 is 23.3 Å². The van der Waals surface area contributed by atoms with Crippen LogP contribution in [0.5, 0.6) is 5.75 Å². The van der Waals surface area contributed by atoms with Crippen molar-refractivity contribution in [1.29, 1.82) is 0 Å². The van der Waals surface area contributed by atoms with Crippen LogP contribution in [0.1, 0.15) is 26.3 Å². The maximum atomic E-state index is 12.4. The van der Waals surface area contributed by atoms with E-state index < -0.39 is 0 Å². The summed E-state index contributed by atoms with van der Waals surface area (Å²) in [4.78, 5) is 26.2. The van der Waals surface area contributed by atoms with Crippen molar-refractivity contribution in [2.75, 3.05) is 23.4 Å². The molecule has 0 radical (unpaired) electrons. The van der Waals surface area contributed by atoms with Crippen molar-refractivity contribution in [3.63, 3.8) is 0 Å². The summed E-state index contributed by atoms with van der Waals surface area (Å²) in [6, 6.07) is 9.10. The second kappa shape index (κ2) is 6.74. The summed E-state index contributed by atoms with van der Waals surface area (Å²) in [5.74, 6) is 0.820. The molecule has 0 aliphatic carbocycles. The third-order valence-electron chi connectivity index (χ3n) is 3.76. The van der Waals surface area contributed by atoms with Gasteiger partial charge in [0, 0.05) is 12.1 Å². The molecule has 3 rings (SSSR count). The summed E-state index contributed by atoms with van der Waals surface area (Å²) in [6.45, 7) is 4.21. The number of anilines is 2. The Morgan fingerprint density at radius 3 is 2.92 bits per heavy atom. The number of nitrogens with zero attached hydrogens (tertiary/aromatic N) is 3. The lowest BCUT2D eigenvalue weighted by molar-refractivity contribution is -0.121. The zero-order valence-electron chi connectivity index (χ0n) is 13.7. The van der Waals surface area contributed by atoms with Crippen LogP contribution in [-0.4, -0.2) is 34.7 Å². The minimum Gasteiger partial charge on any atom is -0.491 e. The number of ether oxygens (including phenoxy) is 1. The van der Waals surface area contributed by atoms with E-state index in [-0.39, 0.29) is 30.8 Å². The summed E-state index contributed by atoms with van der Waals surface area (Å²) in [7, 11) is 0. The zero-order chi connectivity index (χ0) is 17.1. The Labute approximate surface area is 140 Å². The molecule has 1 aromatic carbocycles. The van der Waals surface area contributed by atoms with E-state index in [2.05, 4.69) is 10.4 Å². The Hall–Kier alpha value is -2.83. The van der Waals surface area contributed by atoms with Crippen LogP contribution in [0.15, 0.2) is 36.5 Å². The number of hydrogen-bond donors (Lipinski definition) is 1. The van der Waals surface area contributed by atoms with Gasteiger partial charge in [0.05, 0.1) is 24.9 Å². The maximum absolute atomic E-state index is 12.4. The summed E-state index contributed by atoms with van der Waals surface area (Å²) in [6.07, 6.45) is 1.88. The van der Waals surface area contributed by atoms with Crippen LogP contribution >= 0.6 is 0 Å². The largest absolute Gasteiger partial charge is 0.491 e. The zero-order valence-corrected chi connectivity index (χ0v) is 13.7. The predicted molar refractivity (Wildman–Crippen MR) is 90.1 cm³/mol. The van der Waals surface area contributed by atoms with E-state index in [9.17, 15) is 9.59 Å². The number of benzene rings is 1. The van der Waals surface area contributed by atoms with Crippen molar-refractivity contribution in [1.82, 2.24) is 9.78 Å². The van der Waals surface area contributed by atoms with E-state index in [1.54, 1.807) is 29.1 Å². The molecule has 2 heterocycles. The van der Waals surface area contributed by atoms with Gasteiger partial charge in [0.15, 0.2) is 0 Å². The van der Waals surface area contributed by atoms with Gasteiger partial charge in [-0.3, -0.25) is 14.5 Å². The molecule has 7 nitrogen and oxygen atoms in total. The van der Waals surface area contributed by atoms with Crippen LogP contribution < -0.4 is 15.0 Å². The van der Waals surface area contributed by atoms with Crippen molar-refractivity contribution in [2.24, 2.45) is 0 Å². The second-order valence-corrected chi connectivity index (χ2v) is 5.85. The maximum Gasteiger partial charge on any atom is 0.245 e. The number of hydrogen-bond acceptors (Lipinski definition) is 4. The SMILES string of the molecule is CC(C)n1nccc1NC(=O)CN1C(=O)CCOc2ccccc21. The van der Waals surface area contributed by atoms with E-state index in [0.717, 1.165) is 0 Å². The monoisotopic (exact) mass is 328 g/mol. The van der Waals surface area contributed by atoms with Crippen LogP contribution in [0.25, 0.3) is 0 Å². The van der Waals surface area contributed by atoms with Gasteiger partial charge in [0.25, 0.3) is 0 Å². The van der Waals surface area contributed by atoms with E-state index in [1.165, 1.54) is 4.90 Å². The summed E-state index contributed by atoms with van der Waals surface area (Å²) < 4.78 is 7.30. The molecule has 1 aliphatic rings. The fourth-order valence-electron chi connectivity index (χ4n) is 2.64. The molecule has 0 saturated heterocycles. The van der Waals surface area contributed by atoms with Gasteiger partial charge in [-0.15, -0.1) is 0 Å². The number of para-hydroxylation sites is 2. The minimum atomic E-state index is -0.276. The Balaban J connectivity index is 1.78. The van der Waals surface area contributed by atoms with Gasteiger partial charge in [-0.25, -0.2) is 4.68 Å². The third kappa shape index (κ3) is 3.24. The Morgan fingerprint density at radius 1 is 1.33 bits per heavy atom. The van der Waals surface area contributed by atoms with E-state index in [1.807, 2.05) is 26.0 Å². The summed E-state index contributed by atoms with van der Waals surface area (Å²) in [5.41, 5.74) is 0.618. The van der Waals surface area contributed by atoms with Gasteiger partial charge in [0.1, 0.15) is 18.1 Å². The first-order valence-electron chi connectivity index (χ1n) is 7.92. The van der Waals surface area contributed by atoms with E-state index in [0.29, 0.717) is 23.9 Å². The molecule has 0 unspecified atom stereocenters. The molecule has 7 heteroatoms. The first-order valence-corrected chi connectivity index (χ1v) is 7.92. The van der Waals surface area contributed by atoms with Crippen LogP contribution in [-0.2, 0) is 9.59 Å². The number of amides is 2. The highest BCUT2D eigenvalue weighted by Crippen LogP contribution is 2.30. The quantitative estimate of drug-likeness (QED) is 0.933. The number of carbonyl (C=O) groups is 2. The predicted octanol–water partition coefficient (Wildman–Crippen LogP) is 2.22. The van der Waals surface area contributed by atoms with Gasteiger partial charge < -0.3 is 10.1 Å². The normalized spacial score (nSPS) is 14.1. The molecular weight excluding hydrogens is 308 g/mol. The van der Waals surface area contributed by atoms with Gasteiger partial charge in [-0.05, 0) is 26.0 Å². The molecule has 1 N–H and O–H groups in total. The van der Waals surface area contributed by atoms with Crippen LogP contribution in [0.4, 0.5) is 11.5 Å². The highest BCUT2D eigenvalue weighted by atomic mass is 16.5. The smallest absolute Gasteiger partial charge is 0.245 e. The topological polar surface area (TPSA) is 76.5 Å². The lowest BCUT2D eigenvalue weighted by Crippen LogP contribution is -2.38. The van der Waals surface area contributed by atoms with Crippen LogP contribution in [0.2, 0.25) is 0 Å². The van der Waals surface area contributed by atoms with Crippen molar-refractivity contribution in [3.05, 3.63) is 36.5 Å². The number of carbonyl (C=O) groups excluding carboxylic acids is 2. The fourth-order valence-corrected chi connectivity index (χ4v) is 2.64. The van der Waals surface area contributed by atoms with Gasteiger partial charge in [-0.2, -0.15) is 5.10 Å². The standard InChI is InChI=1S/C17H20N4O3/c1-12(2)21-15(7-9-18-21)19-16(22)11-20-13-5-3-4-6-14(13)24-10-8-17(20)23/h3-7,9,12H,8,10-11H2,1-2H3,(H,19,22). The summed E-state index contributed by atoms with van der Waals surface area (Å²) >= 11 is 0. The molecule has 24 heavy (non-hydrogen) atoms. The van der Waals surface area contributed by atoms with Crippen molar-refractivity contribution in [3.8, 4) is 5.75 Å². The molecule has 2 aromatic rings. The number of nitrogens with one attached hydrogen (secondary N) is 1. The molecule has 0 atom stereocenters. The average molecular weight is 328 g/mol. The molecule has 126 valence electrons. The molecule has 0 fully saturated rings. The Bertz CT molecular complexity index is 754. The molecule has 0 spiro atoms. The highest BCUT2D eigenvalue weighted by Gasteiger charge is 2.25. The molecule has 1 aromatic heterocycles. The Morgan fingerprint density at radius 2 is 2.12 bits per heavy atom. The number of fused-ring (bicyclic) bond motifs is 1. The van der Waals surface area contributed by atoms with Gasteiger partial charge >= 0.3 is 0 Å². The fraction of sp³-hybridized carbons (Fsp3) is 0.353. The highest BCUT2D eigenvalue weighted by molar-refractivity contribution is 6.03. The van der Waals surface area contributed by atoms with Gasteiger partial charge in [0.2, 0.25) is 11.8 Å². The lowest BCUT2D eigenvalue weighted by atomic mass is 10.2. The van der Waals surface area contributed by atoms with E-state index in [4.69, 9.17) is 4.74 Å². The molecule has 0 bridgehead atoms. The third-order valence-corrected chi connectivity index (χ3v) is 3.76. The molecule has 1 aliphatic heterocycles. The van der Waals surface area contributed by atoms with E-state index >= 15 is 0 Å². The van der Waals surface area contributed by atoms with Crippen molar-refractivity contribution < 1.29 is 14.3 Å². The first-order chi connectivity index (χ1) is 11.6. The minimum absolute atomic E-state index is 0.0670. The molecule has 2 amide bonds. The number of aromatic nitrogens is 2. The van der Waals surface area contributed by atoms with Crippen LogP contribution in [0.3, 0.4) is 0 Å². The first kappa shape index (κ1) is 16.0. The average Bonchev–Trinajstić information content (AvgIpc) is 2.95.